The Kier molecular flexibility index (Phi) is 3.65. The Morgan fingerprint density at radius 2 is 2.17 bits per heavy atom. The topological polar surface area (TPSA) is 75.5 Å². The van der Waals surface area contributed by atoms with Crippen LogP contribution in [0.3, 0.4) is 0 Å². The lowest BCUT2D eigenvalue weighted by atomic mass is 10.4. The van der Waals surface area contributed by atoms with E-state index >= 15 is 0 Å². The van der Waals surface area contributed by atoms with E-state index < -0.39 is 10.2 Å². The van der Waals surface area contributed by atoms with Gasteiger partial charge < -0.3 is 4.40 Å². The molecule has 2 N–H and O–H groups in total. The lowest BCUT2D eigenvalue weighted by Crippen LogP contribution is -2.40. The minimum Gasteiger partial charge on any atom is -0.303 e. The van der Waals surface area contributed by atoms with E-state index in [1.807, 2.05) is 28.8 Å². The zero-order valence-electron chi connectivity index (χ0n) is 10.3. The first-order valence-electron chi connectivity index (χ1n) is 5.66. The van der Waals surface area contributed by atoms with Gasteiger partial charge >= 0.3 is 0 Å². The minimum atomic E-state index is -3.48. The molecule has 2 rings (SSSR count). The maximum absolute atomic E-state index is 11.6. The number of rotatable bonds is 5. The van der Waals surface area contributed by atoms with Gasteiger partial charge in [-0.2, -0.15) is 17.9 Å². The van der Waals surface area contributed by atoms with E-state index in [4.69, 9.17) is 0 Å². The van der Waals surface area contributed by atoms with Gasteiger partial charge in [0.05, 0.1) is 18.3 Å². The van der Waals surface area contributed by atoms with Gasteiger partial charge in [-0.1, -0.05) is 6.07 Å². The third kappa shape index (κ3) is 3.06. The molecule has 0 aliphatic carbocycles. The quantitative estimate of drug-likeness (QED) is 0.836. The van der Waals surface area contributed by atoms with Crippen LogP contribution in [0.1, 0.15) is 19.7 Å². The highest BCUT2D eigenvalue weighted by atomic mass is 32.2. The van der Waals surface area contributed by atoms with Gasteiger partial charge in [-0.3, -0.25) is 0 Å². The van der Waals surface area contributed by atoms with Gasteiger partial charge in [0.1, 0.15) is 5.82 Å². The molecule has 0 radical (unpaired) electrons. The van der Waals surface area contributed by atoms with E-state index in [1.165, 1.54) is 0 Å². The van der Waals surface area contributed by atoms with Crippen LogP contribution in [0.4, 0.5) is 0 Å². The van der Waals surface area contributed by atoms with E-state index in [0.29, 0.717) is 5.82 Å². The Bertz CT molecular complexity index is 633. The van der Waals surface area contributed by atoms with Gasteiger partial charge in [0.2, 0.25) is 0 Å². The molecule has 0 spiro atoms. The predicted octanol–water partition coefficient (Wildman–Crippen LogP) is 0.667. The van der Waals surface area contributed by atoms with Crippen LogP contribution in [0.5, 0.6) is 0 Å². The SMILES string of the molecule is CC(C)NS(=O)(=O)NCc1ncc2ccccn12. The second-order valence-electron chi connectivity index (χ2n) is 4.27. The van der Waals surface area contributed by atoms with Crippen LogP contribution in [-0.4, -0.2) is 23.8 Å². The summed E-state index contributed by atoms with van der Waals surface area (Å²) in [6.45, 7) is 3.69. The Morgan fingerprint density at radius 1 is 1.39 bits per heavy atom. The van der Waals surface area contributed by atoms with Crippen molar-refractivity contribution in [2.45, 2.75) is 26.4 Å². The van der Waals surface area contributed by atoms with Crippen LogP contribution in [0.15, 0.2) is 30.6 Å². The molecule has 0 unspecified atom stereocenters. The summed E-state index contributed by atoms with van der Waals surface area (Å²) >= 11 is 0. The molecule has 2 heterocycles. The van der Waals surface area contributed by atoms with Crippen molar-refractivity contribution in [2.24, 2.45) is 0 Å². The molecular weight excluding hydrogens is 252 g/mol. The summed E-state index contributed by atoms with van der Waals surface area (Å²) in [4.78, 5) is 4.19. The van der Waals surface area contributed by atoms with Crippen molar-refractivity contribution >= 4 is 15.7 Å². The molecule has 0 saturated heterocycles. The summed E-state index contributed by atoms with van der Waals surface area (Å²) in [5.74, 6) is 0.653. The normalized spacial score (nSPS) is 12.4. The number of nitrogens with zero attached hydrogens (tertiary/aromatic N) is 2. The smallest absolute Gasteiger partial charge is 0.277 e. The molecule has 0 saturated carbocycles. The minimum absolute atomic E-state index is 0.139. The third-order valence-corrected chi connectivity index (χ3v) is 3.63. The molecule has 2 aromatic heterocycles. The average Bonchev–Trinajstić information content (AvgIpc) is 2.68. The highest BCUT2D eigenvalue weighted by Gasteiger charge is 2.12. The van der Waals surface area contributed by atoms with E-state index in [1.54, 1.807) is 20.0 Å². The number of aromatic nitrogens is 2. The first-order valence-corrected chi connectivity index (χ1v) is 7.14. The van der Waals surface area contributed by atoms with Gasteiger partial charge in [-0.05, 0) is 26.0 Å². The molecule has 6 nitrogen and oxygen atoms in total. The van der Waals surface area contributed by atoms with Crippen LogP contribution in [-0.2, 0) is 16.8 Å². The Morgan fingerprint density at radius 3 is 2.89 bits per heavy atom. The fourth-order valence-corrected chi connectivity index (χ4v) is 2.66. The molecule has 0 bridgehead atoms. The maximum atomic E-state index is 11.6. The third-order valence-electron chi connectivity index (χ3n) is 2.33. The highest BCUT2D eigenvalue weighted by Crippen LogP contribution is 2.05. The molecule has 0 atom stereocenters. The Hall–Kier alpha value is -1.44. The fraction of sp³-hybridized carbons (Fsp3) is 0.364. The van der Waals surface area contributed by atoms with Crippen LogP contribution in [0, 0.1) is 0 Å². The fourth-order valence-electron chi connectivity index (χ4n) is 1.64. The molecule has 18 heavy (non-hydrogen) atoms. The molecule has 0 aliphatic rings. The van der Waals surface area contributed by atoms with Crippen molar-refractivity contribution in [3.63, 3.8) is 0 Å². The van der Waals surface area contributed by atoms with Crippen LogP contribution in [0.2, 0.25) is 0 Å². The summed E-state index contributed by atoms with van der Waals surface area (Å²) in [5, 5.41) is 0. The number of pyridine rings is 1. The van der Waals surface area contributed by atoms with E-state index in [2.05, 4.69) is 14.4 Å². The van der Waals surface area contributed by atoms with Crippen molar-refractivity contribution in [3.8, 4) is 0 Å². The zero-order chi connectivity index (χ0) is 13.2. The average molecular weight is 268 g/mol. The monoisotopic (exact) mass is 268 g/mol. The second kappa shape index (κ2) is 5.05. The van der Waals surface area contributed by atoms with Gasteiger partial charge in [0, 0.05) is 12.2 Å². The summed E-state index contributed by atoms with van der Waals surface area (Å²) in [6, 6.07) is 5.56. The largest absolute Gasteiger partial charge is 0.303 e. The van der Waals surface area contributed by atoms with E-state index in [-0.39, 0.29) is 12.6 Å². The maximum Gasteiger partial charge on any atom is 0.277 e. The summed E-state index contributed by atoms with van der Waals surface area (Å²) < 4.78 is 30.0. The molecule has 0 amide bonds. The van der Waals surface area contributed by atoms with Gasteiger partial charge in [-0.25, -0.2) is 4.98 Å². The predicted molar refractivity (Wildman–Crippen MR) is 69.2 cm³/mol. The van der Waals surface area contributed by atoms with Crippen molar-refractivity contribution in [3.05, 3.63) is 36.4 Å². The van der Waals surface area contributed by atoms with E-state index in [9.17, 15) is 8.42 Å². The molecular formula is C11H16N4O2S. The van der Waals surface area contributed by atoms with Crippen molar-refractivity contribution in [1.82, 2.24) is 18.8 Å². The number of nitrogens with one attached hydrogen (secondary N) is 2. The standard InChI is InChI=1S/C11H16N4O2S/c1-9(2)14-18(16,17)13-8-11-12-7-10-5-3-4-6-15(10)11/h3-7,9,13-14H,8H2,1-2H3. The summed E-state index contributed by atoms with van der Waals surface area (Å²) in [7, 11) is -3.48. The number of hydrogen-bond donors (Lipinski definition) is 2. The molecule has 0 fully saturated rings. The Labute approximate surface area is 106 Å². The highest BCUT2D eigenvalue weighted by molar-refractivity contribution is 7.87. The first kappa shape index (κ1) is 13.0. The lowest BCUT2D eigenvalue weighted by molar-refractivity contribution is 0.552. The van der Waals surface area contributed by atoms with Crippen molar-refractivity contribution < 1.29 is 8.42 Å². The molecule has 98 valence electrons. The lowest BCUT2D eigenvalue weighted by Gasteiger charge is -2.10. The number of hydrogen-bond acceptors (Lipinski definition) is 3. The molecule has 0 aliphatic heterocycles. The van der Waals surface area contributed by atoms with Gasteiger partial charge in [0.15, 0.2) is 0 Å². The Balaban J connectivity index is 2.11. The van der Waals surface area contributed by atoms with Crippen molar-refractivity contribution in [2.75, 3.05) is 0 Å². The summed E-state index contributed by atoms with van der Waals surface area (Å²) in [6.07, 6.45) is 3.56. The molecule has 7 heteroatoms. The van der Waals surface area contributed by atoms with Gasteiger partial charge in [0.25, 0.3) is 10.2 Å². The number of fused-ring (bicyclic) bond motifs is 1. The molecule has 0 aromatic carbocycles. The van der Waals surface area contributed by atoms with Crippen molar-refractivity contribution in [1.29, 1.82) is 0 Å². The second-order valence-corrected chi connectivity index (χ2v) is 5.80. The zero-order valence-corrected chi connectivity index (χ0v) is 11.1. The van der Waals surface area contributed by atoms with Crippen LogP contribution in [0.25, 0.3) is 5.52 Å². The van der Waals surface area contributed by atoms with Crippen LogP contribution >= 0.6 is 0 Å². The number of imidazole rings is 1. The summed E-state index contributed by atoms with van der Waals surface area (Å²) in [5.41, 5.74) is 0.934. The molecule has 2 aromatic rings. The van der Waals surface area contributed by atoms with Crippen LogP contribution < -0.4 is 9.44 Å². The van der Waals surface area contributed by atoms with Gasteiger partial charge in [-0.15, -0.1) is 0 Å². The first-order chi connectivity index (χ1) is 8.48. The van der Waals surface area contributed by atoms with E-state index in [0.717, 1.165) is 5.52 Å².